The minimum absolute atomic E-state index is 0.260. The quantitative estimate of drug-likeness (QED) is 0.602. The molecule has 3 N–H and O–H groups in total. The van der Waals surface area contributed by atoms with Crippen molar-refractivity contribution >= 4 is 5.69 Å². The van der Waals surface area contributed by atoms with E-state index in [1.807, 2.05) is 0 Å². The SMILES string of the molecule is NNc1ccc(OCCN2CCOCC2)cc1F. The number of ether oxygens (including phenoxy) is 2. The van der Waals surface area contributed by atoms with Gasteiger partial charge in [0.15, 0.2) is 5.82 Å². The summed E-state index contributed by atoms with van der Waals surface area (Å²) in [7, 11) is 0. The van der Waals surface area contributed by atoms with Crippen LogP contribution < -0.4 is 16.0 Å². The van der Waals surface area contributed by atoms with Gasteiger partial charge in [-0.1, -0.05) is 0 Å². The largest absolute Gasteiger partial charge is 0.492 e. The molecule has 1 heterocycles. The number of nitrogen functional groups attached to an aromatic ring is 1. The monoisotopic (exact) mass is 255 g/mol. The summed E-state index contributed by atoms with van der Waals surface area (Å²) in [6.45, 7) is 4.75. The molecule has 0 unspecified atom stereocenters. The molecule has 1 aliphatic rings. The Balaban J connectivity index is 1.77. The Morgan fingerprint density at radius 1 is 1.39 bits per heavy atom. The lowest BCUT2D eigenvalue weighted by Crippen LogP contribution is -2.38. The first-order valence-corrected chi connectivity index (χ1v) is 5.98. The van der Waals surface area contributed by atoms with E-state index in [1.54, 1.807) is 12.1 Å². The van der Waals surface area contributed by atoms with E-state index in [9.17, 15) is 4.39 Å². The molecule has 0 radical (unpaired) electrons. The second-order valence-corrected chi connectivity index (χ2v) is 4.09. The van der Waals surface area contributed by atoms with Gasteiger partial charge < -0.3 is 14.9 Å². The molecule has 5 nitrogen and oxygen atoms in total. The summed E-state index contributed by atoms with van der Waals surface area (Å²) in [6, 6.07) is 4.57. The lowest BCUT2D eigenvalue weighted by molar-refractivity contribution is 0.0322. The molecule has 1 aliphatic heterocycles. The molecule has 0 saturated carbocycles. The molecule has 1 saturated heterocycles. The molecular weight excluding hydrogens is 237 g/mol. The second kappa shape index (κ2) is 6.53. The van der Waals surface area contributed by atoms with Gasteiger partial charge >= 0.3 is 0 Å². The van der Waals surface area contributed by atoms with Crippen molar-refractivity contribution in [2.24, 2.45) is 5.84 Å². The minimum atomic E-state index is -0.415. The molecule has 0 spiro atoms. The summed E-state index contributed by atoms with van der Waals surface area (Å²) in [5, 5.41) is 0. The highest BCUT2D eigenvalue weighted by Crippen LogP contribution is 2.19. The van der Waals surface area contributed by atoms with E-state index < -0.39 is 5.82 Å². The number of hydrogen-bond donors (Lipinski definition) is 2. The Hall–Kier alpha value is -1.37. The summed E-state index contributed by atoms with van der Waals surface area (Å²) >= 11 is 0. The summed E-state index contributed by atoms with van der Waals surface area (Å²) < 4.78 is 24.1. The zero-order valence-corrected chi connectivity index (χ0v) is 10.2. The van der Waals surface area contributed by atoms with Gasteiger partial charge in [0.05, 0.1) is 18.9 Å². The van der Waals surface area contributed by atoms with Crippen LogP contribution in [0.1, 0.15) is 0 Å². The Kier molecular flexibility index (Phi) is 4.74. The van der Waals surface area contributed by atoms with Gasteiger partial charge in [-0.15, -0.1) is 0 Å². The van der Waals surface area contributed by atoms with Gasteiger partial charge in [-0.05, 0) is 12.1 Å². The average Bonchev–Trinajstić information content (AvgIpc) is 2.40. The van der Waals surface area contributed by atoms with E-state index in [-0.39, 0.29) is 5.69 Å². The zero-order chi connectivity index (χ0) is 12.8. The number of rotatable bonds is 5. The van der Waals surface area contributed by atoms with Gasteiger partial charge in [0.2, 0.25) is 0 Å². The van der Waals surface area contributed by atoms with Crippen molar-refractivity contribution in [1.29, 1.82) is 0 Å². The number of nitrogens with one attached hydrogen (secondary N) is 1. The molecule has 0 aromatic heterocycles. The Bertz CT molecular complexity index is 384. The van der Waals surface area contributed by atoms with Crippen molar-refractivity contribution in [2.75, 3.05) is 44.9 Å². The van der Waals surface area contributed by atoms with Crippen molar-refractivity contribution < 1.29 is 13.9 Å². The predicted octanol–water partition coefficient (Wildman–Crippen LogP) is 0.822. The molecule has 1 fully saturated rings. The zero-order valence-electron chi connectivity index (χ0n) is 10.2. The average molecular weight is 255 g/mol. The van der Waals surface area contributed by atoms with Gasteiger partial charge in [0.25, 0.3) is 0 Å². The van der Waals surface area contributed by atoms with E-state index in [0.29, 0.717) is 12.4 Å². The number of halogens is 1. The standard InChI is InChI=1S/C12H18FN3O2/c13-11-9-10(1-2-12(11)15-14)18-8-5-16-3-6-17-7-4-16/h1-2,9,15H,3-8,14H2. The topological polar surface area (TPSA) is 59.8 Å². The third-order valence-corrected chi connectivity index (χ3v) is 2.88. The van der Waals surface area contributed by atoms with Crippen molar-refractivity contribution in [1.82, 2.24) is 4.90 Å². The Morgan fingerprint density at radius 3 is 2.83 bits per heavy atom. The highest BCUT2D eigenvalue weighted by Gasteiger charge is 2.10. The van der Waals surface area contributed by atoms with Crippen LogP contribution in [0.4, 0.5) is 10.1 Å². The molecule has 18 heavy (non-hydrogen) atoms. The summed E-state index contributed by atoms with van der Waals surface area (Å²) in [5.74, 6) is 5.25. The maximum atomic E-state index is 13.4. The van der Waals surface area contributed by atoms with Gasteiger partial charge in [0.1, 0.15) is 12.4 Å². The minimum Gasteiger partial charge on any atom is -0.492 e. The van der Waals surface area contributed by atoms with Crippen LogP contribution in [0.3, 0.4) is 0 Å². The molecule has 6 heteroatoms. The van der Waals surface area contributed by atoms with Crippen LogP contribution in [-0.4, -0.2) is 44.4 Å². The number of morpholine rings is 1. The fourth-order valence-corrected chi connectivity index (χ4v) is 1.82. The third kappa shape index (κ3) is 3.56. The Labute approximate surface area is 106 Å². The smallest absolute Gasteiger partial charge is 0.151 e. The number of hydrogen-bond acceptors (Lipinski definition) is 5. The van der Waals surface area contributed by atoms with Crippen LogP contribution in [0.2, 0.25) is 0 Å². The van der Waals surface area contributed by atoms with Crippen molar-refractivity contribution in [3.8, 4) is 5.75 Å². The third-order valence-electron chi connectivity index (χ3n) is 2.88. The molecular formula is C12H18FN3O2. The first-order chi connectivity index (χ1) is 8.79. The van der Waals surface area contributed by atoms with E-state index in [2.05, 4.69) is 10.3 Å². The molecule has 2 rings (SSSR count). The van der Waals surface area contributed by atoms with Crippen molar-refractivity contribution in [3.63, 3.8) is 0 Å². The van der Waals surface area contributed by atoms with E-state index in [4.69, 9.17) is 15.3 Å². The number of nitrogens with zero attached hydrogens (tertiary/aromatic N) is 1. The molecule has 0 aliphatic carbocycles. The van der Waals surface area contributed by atoms with Crippen LogP contribution >= 0.6 is 0 Å². The normalized spacial score (nSPS) is 16.6. The lowest BCUT2D eigenvalue weighted by Gasteiger charge is -2.26. The maximum absolute atomic E-state index is 13.4. The van der Waals surface area contributed by atoms with Crippen molar-refractivity contribution in [2.45, 2.75) is 0 Å². The van der Waals surface area contributed by atoms with Crippen LogP contribution in [-0.2, 0) is 4.74 Å². The first kappa shape index (κ1) is 13.1. The first-order valence-electron chi connectivity index (χ1n) is 5.98. The summed E-state index contributed by atoms with van der Waals surface area (Å²) in [6.07, 6.45) is 0. The molecule has 0 amide bonds. The second-order valence-electron chi connectivity index (χ2n) is 4.09. The number of nitrogens with two attached hydrogens (primary N) is 1. The van der Waals surface area contributed by atoms with Crippen LogP contribution in [0, 0.1) is 5.82 Å². The molecule has 100 valence electrons. The molecule has 1 aromatic rings. The van der Waals surface area contributed by atoms with Gasteiger partial charge in [-0.3, -0.25) is 10.7 Å². The van der Waals surface area contributed by atoms with E-state index >= 15 is 0 Å². The van der Waals surface area contributed by atoms with E-state index in [0.717, 1.165) is 32.8 Å². The molecule has 0 atom stereocenters. The van der Waals surface area contributed by atoms with E-state index in [1.165, 1.54) is 6.07 Å². The summed E-state index contributed by atoms with van der Waals surface area (Å²) in [5.41, 5.74) is 2.54. The van der Waals surface area contributed by atoms with Crippen LogP contribution in [0.5, 0.6) is 5.75 Å². The highest BCUT2D eigenvalue weighted by molar-refractivity contribution is 5.46. The fourth-order valence-electron chi connectivity index (χ4n) is 1.82. The molecule has 1 aromatic carbocycles. The fraction of sp³-hybridized carbons (Fsp3) is 0.500. The predicted molar refractivity (Wildman–Crippen MR) is 67.0 cm³/mol. The van der Waals surface area contributed by atoms with Crippen LogP contribution in [0.15, 0.2) is 18.2 Å². The number of hydrazine groups is 1. The van der Waals surface area contributed by atoms with Gasteiger partial charge in [0, 0.05) is 25.7 Å². The number of anilines is 1. The van der Waals surface area contributed by atoms with Gasteiger partial charge in [-0.25, -0.2) is 4.39 Å². The number of benzene rings is 1. The Morgan fingerprint density at radius 2 is 2.17 bits per heavy atom. The molecule has 0 bridgehead atoms. The maximum Gasteiger partial charge on any atom is 0.151 e. The summed E-state index contributed by atoms with van der Waals surface area (Å²) in [4.78, 5) is 2.26. The van der Waals surface area contributed by atoms with Crippen molar-refractivity contribution in [3.05, 3.63) is 24.0 Å². The van der Waals surface area contributed by atoms with Crippen LogP contribution in [0.25, 0.3) is 0 Å². The van der Waals surface area contributed by atoms with Gasteiger partial charge in [-0.2, -0.15) is 0 Å². The lowest BCUT2D eigenvalue weighted by atomic mass is 10.3. The highest BCUT2D eigenvalue weighted by atomic mass is 19.1.